The minimum Gasteiger partial charge on any atom is -0.354 e. The molecule has 0 atom stereocenters. The van der Waals surface area contributed by atoms with E-state index in [0.717, 1.165) is 30.1 Å². The number of hydrogen-bond acceptors (Lipinski definition) is 2. The van der Waals surface area contributed by atoms with E-state index in [2.05, 4.69) is 50.0 Å². The van der Waals surface area contributed by atoms with Crippen molar-refractivity contribution in [2.45, 2.75) is 45.4 Å². The molecule has 0 bridgehead atoms. The Hall–Kier alpha value is -1.29. The van der Waals surface area contributed by atoms with Crippen LogP contribution in [0.15, 0.2) is 30.3 Å². The van der Waals surface area contributed by atoms with Gasteiger partial charge in [-0.05, 0) is 66.6 Å². The maximum absolute atomic E-state index is 6.16. The number of halogens is 1. The van der Waals surface area contributed by atoms with E-state index in [4.69, 9.17) is 17.3 Å². The van der Waals surface area contributed by atoms with Crippen molar-refractivity contribution in [2.24, 2.45) is 5.73 Å². The number of unbranched alkanes of at least 4 members (excludes halogenated alkanes) is 1. The molecule has 0 spiro atoms. The lowest BCUT2D eigenvalue weighted by atomic mass is 9.86. The van der Waals surface area contributed by atoms with E-state index in [9.17, 15) is 0 Å². The Balaban J connectivity index is 2.14. The average molecular weight is 361 g/mol. The van der Waals surface area contributed by atoms with Crippen LogP contribution in [0.2, 0.25) is 4.34 Å². The van der Waals surface area contributed by atoms with Gasteiger partial charge >= 0.3 is 0 Å². The average Bonchev–Trinajstić information content (AvgIpc) is 3.10. The van der Waals surface area contributed by atoms with Gasteiger partial charge < -0.3 is 10.7 Å². The van der Waals surface area contributed by atoms with Crippen molar-refractivity contribution < 1.29 is 0 Å². The molecule has 2 nitrogen and oxygen atoms in total. The van der Waals surface area contributed by atoms with Crippen LogP contribution < -0.4 is 5.73 Å². The predicted octanol–water partition coefficient (Wildman–Crippen LogP) is 6.13. The number of nitrogens with two attached hydrogens (primary N) is 1. The van der Waals surface area contributed by atoms with Crippen molar-refractivity contribution >= 4 is 33.8 Å². The summed E-state index contributed by atoms with van der Waals surface area (Å²) >= 11 is 7.79. The lowest BCUT2D eigenvalue weighted by Gasteiger charge is -2.19. The fourth-order valence-corrected chi connectivity index (χ4v) is 4.15. The van der Waals surface area contributed by atoms with Crippen molar-refractivity contribution in [1.82, 2.24) is 4.98 Å². The fourth-order valence-electron chi connectivity index (χ4n) is 3.08. The molecule has 3 aromatic rings. The molecule has 3 N–H and O–H groups in total. The first-order valence-corrected chi connectivity index (χ1v) is 9.70. The van der Waals surface area contributed by atoms with Gasteiger partial charge in [-0.1, -0.05) is 38.4 Å². The second-order valence-electron chi connectivity index (χ2n) is 7.34. The molecule has 0 saturated carbocycles. The van der Waals surface area contributed by atoms with Crippen LogP contribution in [0.5, 0.6) is 0 Å². The summed E-state index contributed by atoms with van der Waals surface area (Å²) in [5.74, 6) is 0. The number of fused-ring (bicyclic) bond motifs is 1. The van der Waals surface area contributed by atoms with Crippen LogP contribution in [0.3, 0.4) is 0 Å². The van der Waals surface area contributed by atoms with Crippen LogP contribution in [0.1, 0.15) is 44.7 Å². The minimum atomic E-state index is 0.145. The summed E-state index contributed by atoms with van der Waals surface area (Å²) in [5.41, 5.74) is 11.0. The summed E-state index contributed by atoms with van der Waals surface area (Å²) in [6, 6.07) is 10.9. The number of aromatic nitrogens is 1. The molecule has 24 heavy (non-hydrogen) atoms. The summed E-state index contributed by atoms with van der Waals surface area (Å²) in [7, 11) is 0. The molecule has 3 rings (SSSR count). The third-order valence-electron chi connectivity index (χ3n) is 4.47. The number of hydrogen-bond donors (Lipinski definition) is 2. The van der Waals surface area contributed by atoms with E-state index in [1.807, 2.05) is 6.07 Å². The van der Waals surface area contributed by atoms with Crippen LogP contribution in [-0.2, 0) is 11.8 Å². The van der Waals surface area contributed by atoms with Gasteiger partial charge in [-0.2, -0.15) is 0 Å². The van der Waals surface area contributed by atoms with E-state index < -0.39 is 0 Å². The fraction of sp³-hybridized carbons (Fsp3) is 0.400. The number of benzene rings is 1. The van der Waals surface area contributed by atoms with Crippen LogP contribution in [-0.4, -0.2) is 11.5 Å². The van der Waals surface area contributed by atoms with Crippen molar-refractivity contribution in [2.75, 3.05) is 6.54 Å². The molecular formula is C20H25ClN2S. The maximum Gasteiger partial charge on any atom is 0.0935 e. The highest BCUT2D eigenvalue weighted by molar-refractivity contribution is 7.19. The van der Waals surface area contributed by atoms with Gasteiger partial charge in [0.25, 0.3) is 0 Å². The topological polar surface area (TPSA) is 41.8 Å². The Kier molecular flexibility index (Phi) is 5.05. The molecule has 0 aliphatic rings. The molecule has 128 valence electrons. The van der Waals surface area contributed by atoms with Crippen molar-refractivity contribution in [3.05, 3.63) is 45.8 Å². The van der Waals surface area contributed by atoms with Gasteiger partial charge in [0.1, 0.15) is 0 Å². The van der Waals surface area contributed by atoms with Gasteiger partial charge in [0, 0.05) is 10.9 Å². The monoisotopic (exact) mass is 360 g/mol. The number of thiophene rings is 1. The first-order chi connectivity index (χ1) is 11.4. The van der Waals surface area contributed by atoms with Crippen molar-refractivity contribution in [3.63, 3.8) is 0 Å². The largest absolute Gasteiger partial charge is 0.354 e. The Morgan fingerprint density at radius 3 is 2.54 bits per heavy atom. The van der Waals surface area contributed by atoms with E-state index >= 15 is 0 Å². The zero-order valence-corrected chi connectivity index (χ0v) is 16.2. The SMILES string of the molecule is CC(C)(C)c1ccc2[nH]c(-c3ccc(Cl)s3)c(CCCCN)c2c1. The summed E-state index contributed by atoms with van der Waals surface area (Å²) in [4.78, 5) is 4.82. The number of rotatable bonds is 5. The van der Waals surface area contributed by atoms with Crippen molar-refractivity contribution in [3.8, 4) is 10.6 Å². The normalized spacial score (nSPS) is 12.2. The zero-order valence-electron chi connectivity index (χ0n) is 14.6. The Bertz CT molecular complexity index is 839. The highest BCUT2D eigenvalue weighted by Crippen LogP contribution is 2.38. The smallest absolute Gasteiger partial charge is 0.0935 e. The molecule has 2 aromatic heterocycles. The van der Waals surface area contributed by atoms with E-state index in [-0.39, 0.29) is 5.41 Å². The molecule has 0 aliphatic heterocycles. The number of aryl methyl sites for hydroxylation is 1. The van der Waals surface area contributed by atoms with Crippen molar-refractivity contribution in [1.29, 1.82) is 0 Å². The van der Waals surface area contributed by atoms with Crippen LogP contribution in [0, 0.1) is 0 Å². The summed E-state index contributed by atoms with van der Waals surface area (Å²) in [6.45, 7) is 7.52. The van der Waals surface area contributed by atoms with Gasteiger partial charge in [-0.3, -0.25) is 0 Å². The molecule has 0 saturated heterocycles. The Morgan fingerprint density at radius 1 is 1.12 bits per heavy atom. The zero-order chi connectivity index (χ0) is 17.3. The van der Waals surface area contributed by atoms with Crippen LogP contribution >= 0.6 is 22.9 Å². The van der Waals surface area contributed by atoms with E-state index in [1.54, 1.807) is 11.3 Å². The maximum atomic E-state index is 6.16. The van der Waals surface area contributed by atoms with Gasteiger partial charge in [0.15, 0.2) is 0 Å². The molecule has 1 aromatic carbocycles. The first-order valence-electron chi connectivity index (χ1n) is 8.51. The molecule has 0 aliphatic carbocycles. The van der Waals surface area contributed by atoms with Gasteiger partial charge in [0.05, 0.1) is 14.9 Å². The molecular weight excluding hydrogens is 336 g/mol. The molecule has 0 amide bonds. The summed E-state index contributed by atoms with van der Waals surface area (Å²) in [6.07, 6.45) is 3.20. The molecule has 0 radical (unpaired) electrons. The van der Waals surface area contributed by atoms with Gasteiger partial charge in [-0.25, -0.2) is 0 Å². The second kappa shape index (κ2) is 6.91. The van der Waals surface area contributed by atoms with Crippen LogP contribution in [0.4, 0.5) is 0 Å². The third kappa shape index (κ3) is 3.53. The molecule has 0 unspecified atom stereocenters. The van der Waals surface area contributed by atoms with Gasteiger partial charge in [0.2, 0.25) is 0 Å². The molecule has 0 fully saturated rings. The highest BCUT2D eigenvalue weighted by atomic mass is 35.5. The third-order valence-corrected chi connectivity index (χ3v) is 5.72. The standard InChI is InChI=1S/C20H25ClN2S/c1-20(2,3)13-7-8-16-15(12-13)14(6-4-5-11-22)19(23-16)17-9-10-18(21)24-17/h7-10,12,23H,4-6,11,22H2,1-3H3. The number of nitrogens with one attached hydrogen (secondary N) is 1. The minimum absolute atomic E-state index is 0.145. The first kappa shape index (κ1) is 17.5. The van der Waals surface area contributed by atoms with E-state index in [1.165, 1.54) is 32.6 Å². The molecule has 4 heteroatoms. The Labute approximate surface area is 153 Å². The summed E-state index contributed by atoms with van der Waals surface area (Å²) in [5, 5.41) is 1.33. The molecule has 2 heterocycles. The highest BCUT2D eigenvalue weighted by Gasteiger charge is 2.18. The van der Waals surface area contributed by atoms with E-state index in [0.29, 0.717) is 0 Å². The number of aromatic amines is 1. The quantitative estimate of drug-likeness (QED) is 0.528. The predicted molar refractivity (Wildman–Crippen MR) is 107 cm³/mol. The Morgan fingerprint density at radius 2 is 1.92 bits per heavy atom. The summed E-state index contributed by atoms with van der Waals surface area (Å²) < 4.78 is 0.826. The second-order valence-corrected chi connectivity index (χ2v) is 9.05. The van der Waals surface area contributed by atoms with Crippen LogP contribution in [0.25, 0.3) is 21.5 Å². The lowest BCUT2D eigenvalue weighted by molar-refractivity contribution is 0.591. The van der Waals surface area contributed by atoms with Gasteiger partial charge in [-0.15, -0.1) is 11.3 Å². The lowest BCUT2D eigenvalue weighted by Crippen LogP contribution is -2.10. The number of H-pyrrole nitrogens is 1.